The number of likely N-dealkylation sites (N-methyl/N-ethyl adjacent to an activating group) is 1. The predicted octanol–water partition coefficient (Wildman–Crippen LogP) is -0.104. The molecule has 0 bridgehead atoms. The molecule has 0 radical (unpaired) electrons. The fourth-order valence-electron chi connectivity index (χ4n) is 1.89. The van der Waals surface area contributed by atoms with E-state index in [2.05, 4.69) is 25.0 Å². The van der Waals surface area contributed by atoms with Gasteiger partial charge in [-0.3, -0.25) is 0 Å². The molecule has 20 heavy (non-hydrogen) atoms. The van der Waals surface area contributed by atoms with Crippen molar-refractivity contribution in [1.82, 2.24) is 29.7 Å². The van der Waals surface area contributed by atoms with Gasteiger partial charge in [-0.2, -0.15) is 24.7 Å². The number of nitrogen functional groups attached to an aromatic ring is 1. The van der Waals surface area contributed by atoms with Crippen molar-refractivity contribution < 1.29 is 4.74 Å². The van der Waals surface area contributed by atoms with E-state index in [0.29, 0.717) is 18.5 Å². The number of ether oxygens (including phenoxy) is 1. The van der Waals surface area contributed by atoms with Crippen molar-refractivity contribution in [1.29, 1.82) is 0 Å². The molecule has 2 N–H and O–H groups in total. The molecule has 0 amide bonds. The van der Waals surface area contributed by atoms with Gasteiger partial charge in [0.05, 0.1) is 12.6 Å². The van der Waals surface area contributed by atoms with Crippen LogP contribution in [-0.4, -0.2) is 56.0 Å². The lowest BCUT2D eigenvalue weighted by atomic mass is 10.3. The SMILES string of the molecule is CCN(c1nc(N)nc(-n2cncn2)n1)C(C)COC. The average molecular weight is 278 g/mol. The maximum atomic E-state index is 5.75. The Kier molecular flexibility index (Phi) is 4.41. The minimum atomic E-state index is 0.121. The molecule has 1 unspecified atom stereocenters. The second kappa shape index (κ2) is 6.24. The van der Waals surface area contributed by atoms with Gasteiger partial charge in [-0.15, -0.1) is 0 Å². The van der Waals surface area contributed by atoms with E-state index in [1.807, 2.05) is 18.7 Å². The molecular weight excluding hydrogens is 260 g/mol. The van der Waals surface area contributed by atoms with Crippen molar-refractivity contribution >= 4 is 11.9 Å². The first-order chi connectivity index (χ1) is 9.65. The van der Waals surface area contributed by atoms with Gasteiger partial charge in [0.2, 0.25) is 11.9 Å². The molecule has 0 fully saturated rings. The number of nitrogens with zero attached hydrogens (tertiary/aromatic N) is 7. The molecule has 2 aromatic rings. The van der Waals surface area contributed by atoms with Gasteiger partial charge < -0.3 is 15.4 Å². The lowest BCUT2D eigenvalue weighted by molar-refractivity contribution is 0.181. The van der Waals surface area contributed by atoms with Crippen LogP contribution in [0.3, 0.4) is 0 Å². The molecule has 9 heteroatoms. The van der Waals surface area contributed by atoms with Crippen molar-refractivity contribution in [2.45, 2.75) is 19.9 Å². The van der Waals surface area contributed by atoms with Gasteiger partial charge >= 0.3 is 0 Å². The van der Waals surface area contributed by atoms with Crippen molar-refractivity contribution in [3.8, 4) is 5.95 Å². The highest BCUT2D eigenvalue weighted by Crippen LogP contribution is 2.14. The van der Waals surface area contributed by atoms with Crippen LogP contribution in [0, 0.1) is 0 Å². The molecule has 2 aromatic heterocycles. The van der Waals surface area contributed by atoms with E-state index in [-0.39, 0.29) is 12.0 Å². The van der Waals surface area contributed by atoms with Crippen LogP contribution in [-0.2, 0) is 4.74 Å². The number of rotatable bonds is 6. The van der Waals surface area contributed by atoms with E-state index in [9.17, 15) is 0 Å². The van der Waals surface area contributed by atoms with Gasteiger partial charge in [-0.25, -0.2) is 4.98 Å². The second-order valence-corrected chi connectivity index (χ2v) is 4.22. The van der Waals surface area contributed by atoms with E-state index in [4.69, 9.17) is 10.5 Å². The van der Waals surface area contributed by atoms with Gasteiger partial charge in [0.25, 0.3) is 5.95 Å². The maximum absolute atomic E-state index is 5.75. The quantitative estimate of drug-likeness (QED) is 0.780. The van der Waals surface area contributed by atoms with E-state index < -0.39 is 0 Å². The van der Waals surface area contributed by atoms with Crippen molar-refractivity contribution in [2.24, 2.45) is 0 Å². The third kappa shape index (κ3) is 2.99. The van der Waals surface area contributed by atoms with E-state index in [0.717, 1.165) is 6.54 Å². The highest BCUT2D eigenvalue weighted by Gasteiger charge is 2.17. The molecule has 0 saturated carbocycles. The summed E-state index contributed by atoms with van der Waals surface area (Å²) in [6.07, 6.45) is 2.91. The number of methoxy groups -OCH3 is 1. The number of hydrogen-bond acceptors (Lipinski definition) is 8. The smallest absolute Gasteiger partial charge is 0.258 e. The topological polar surface area (TPSA) is 108 Å². The largest absolute Gasteiger partial charge is 0.383 e. The lowest BCUT2D eigenvalue weighted by Gasteiger charge is -2.27. The summed E-state index contributed by atoms with van der Waals surface area (Å²) in [7, 11) is 1.66. The summed E-state index contributed by atoms with van der Waals surface area (Å²) in [5.41, 5.74) is 5.75. The number of hydrogen-bond donors (Lipinski definition) is 1. The summed E-state index contributed by atoms with van der Waals surface area (Å²) in [6, 6.07) is 0.121. The Bertz CT molecular complexity index is 543. The van der Waals surface area contributed by atoms with Crippen LogP contribution >= 0.6 is 0 Å². The van der Waals surface area contributed by atoms with Crippen LogP contribution in [0.2, 0.25) is 0 Å². The number of anilines is 2. The van der Waals surface area contributed by atoms with Gasteiger partial charge in [-0.05, 0) is 13.8 Å². The summed E-state index contributed by atoms with van der Waals surface area (Å²) in [4.78, 5) is 18.5. The molecular formula is C11H18N8O. The molecule has 108 valence electrons. The van der Waals surface area contributed by atoms with Crippen molar-refractivity contribution in [3.63, 3.8) is 0 Å². The van der Waals surface area contributed by atoms with Crippen LogP contribution in [0.25, 0.3) is 5.95 Å². The zero-order valence-corrected chi connectivity index (χ0v) is 11.8. The molecule has 1 atom stereocenters. The average Bonchev–Trinajstić information content (AvgIpc) is 2.93. The minimum Gasteiger partial charge on any atom is -0.383 e. The Balaban J connectivity index is 2.35. The lowest BCUT2D eigenvalue weighted by Crippen LogP contribution is -2.37. The molecule has 0 aromatic carbocycles. The molecule has 0 spiro atoms. The Labute approximate surface area is 116 Å². The van der Waals surface area contributed by atoms with Crippen LogP contribution in [0.1, 0.15) is 13.8 Å². The predicted molar refractivity (Wildman–Crippen MR) is 73.5 cm³/mol. The highest BCUT2D eigenvalue weighted by atomic mass is 16.5. The standard InChI is InChI=1S/C11H18N8O/c1-4-18(8(2)5-20-3)10-15-9(12)16-11(17-10)19-7-13-6-14-19/h6-8H,4-5H2,1-3H3,(H2,12,15,16,17). The summed E-state index contributed by atoms with van der Waals surface area (Å²) < 4.78 is 6.61. The molecule has 9 nitrogen and oxygen atoms in total. The monoisotopic (exact) mass is 278 g/mol. The third-order valence-electron chi connectivity index (χ3n) is 2.79. The first kappa shape index (κ1) is 14.1. The molecule has 0 aliphatic rings. The van der Waals surface area contributed by atoms with Gasteiger partial charge in [0.1, 0.15) is 12.7 Å². The van der Waals surface area contributed by atoms with Gasteiger partial charge in [0.15, 0.2) is 0 Å². The third-order valence-corrected chi connectivity index (χ3v) is 2.79. The molecule has 2 heterocycles. The second-order valence-electron chi connectivity index (χ2n) is 4.22. The Hall–Kier alpha value is -2.29. The first-order valence-corrected chi connectivity index (χ1v) is 6.27. The van der Waals surface area contributed by atoms with E-state index >= 15 is 0 Å². The summed E-state index contributed by atoms with van der Waals surface area (Å²) >= 11 is 0. The van der Waals surface area contributed by atoms with Crippen molar-refractivity contribution in [2.75, 3.05) is 30.9 Å². The molecule has 0 aliphatic heterocycles. The highest BCUT2D eigenvalue weighted by molar-refractivity contribution is 5.38. The molecule has 2 rings (SSSR count). The zero-order chi connectivity index (χ0) is 14.5. The molecule has 0 saturated heterocycles. The fourth-order valence-corrected chi connectivity index (χ4v) is 1.89. The fraction of sp³-hybridized carbons (Fsp3) is 0.545. The van der Waals surface area contributed by atoms with Crippen LogP contribution in [0.5, 0.6) is 0 Å². The van der Waals surface area contributed by atoms with E-state index in [1.54, 1.807) is 7.11 Å². The van der Waals surface area contributed by atoms with Crippen molar-refractivity contribution in [3.05, 3.63) is 12.7 Å². The normalized spacial score (nSPS) is 12.3. The minimum absolute atomic E-state index is 0.121. The molecule has 0 aliphatic carbocycles. The van der Waals surface area contributed by atoms with Crippen LogP contribution in [0.4, 0.5) is 11.9 Å². The number of aromatic nitrogens is 6. The Morgan fingerprint density at radius 2 is 2.20 bits per heavy atom. The van der Waals surface area contributed by atoms with E-state index in [1.165, 1.54) is 17.3 Å². The maximum Gasteiger partial charge on any atom is 0.258 e. The zero-order valence-electron chi connectivity index (χ0n) is 11.8. The summed E-state index contributed by atoms with van der Waals surface area (Å²) in [6.45, 7) is 5.34. The Morgan fingerprint density at radius 3 is 2.80 bits per heavy atom. The summed E-state index contributed by atoms with van der Waals surface area (Å²) in [5.74, 6) is 0.978. The summed E-state index contributed by atoms with van der Waals surface area (Å²) in [5, 5.41) is 3.99. The van der Waals surface area contributed by atoms with Crippen LogP contribution in [0.15, 0.2) is 12.7 Å². The van der Waals surface area contributed by atoms with Crippen LogP contribution < -0.4 is 10.6 Å². The first-order valence-electron chi connectivity index (χ1n) is 6.27. The van der Waals surface area contributed by atoms with Gasteiger partial charge in [-0.1, -0.05) is 0 Å². The Morgan fingerprint density at radius 1 is 1.40 bits per heavy atom. The number of nitrogens with two attached hydrogens (primary N) is 1. The van der Waals surface area contributed by atoms with Gasteiger partial charge in [0, 0.05) is 13.7 Å².